The van der Waals surface area contributed by atoms with Gasteiger partial charge in [0.1, 0.15) is 10.6 Å². The maximum absolute atomic E-state index is 6.12. The highest BCUT2D eigenvalue weighted by Gasteiger charge is 2.33. The number of anilines is 1. The van der Waals surface area contributed by atoms with Gasteiger partial charge in [-0.05, 0) is 38.0 Å². The van der Waals surface area contributed by atoms with Crippen molar-refractivity contribution in [3.8, 4) is 0 Å². The summed E-state index contributed by atoms with van der Waals surface area (Å²) in [6, 6.07) is 0. The molecule has 25 heavy (non-hydrogen) atoms. The van der Waals surface area contributed by atoms with Crippen molar-refractivity contribution in [1.29, 1.82) is 0 Å². The number of rotatable bonds is 5. The number of hydrogen-bond donors (Lipinski definition) is 1. The molecule has 1 saturated heterocycles. The average molecular weight is 380 g/mol. The minimum Gasteiger partial charge on any atom is -0.376 e. The monoisotopic (exact) mass is 379 g/mol. The Morgan fingerprint density at radius 3 is 3.00 bits per heavy atom. The zero-order valence-corrected chi connectivity index (χ0v) is 16.7. The molecule has 2 atom stereocenters. The zero-order valence-electron chi connectivity index (χ0n) is 15.1. The van der Waals surface area contributed by atoms with Gasteiger partial charge in [-0.15, -0.1) is 11.3 Å². The topological polar surface area (TPSA) is 56.3 Å². The molecule has 0 aliphatic carbocycles. The fourth-order valence-corrected chi connectivity index (χ4v) is 5.04. The van der Waals surface area contributed by atoms with Crippen LogP contribution in [0.3, 0.4) is 0 Å². The number of hydrogen-bond acceptors (Lipinski definition) is 7. The fraction of sp³-hybridized carbons (Fsp3) is 0.667. The van der Waals surface area contributed by atoms with Crippen LogP contribution < -0.4 is 5.32 Å². The molecule has 2 aliphatic rings. The van der Waals surface area contributed by atoms with Crippen LogP contribution in [0.2, 0.25) is 0 Å². The van der Waals surface area contributed by atoms with Crippen molar-refractivity contribution in [1.82, 2.24) is 9.97 Å². The number of thiophene rings is 1. The van der Waals surface area contributed by atoms with E-state index in [1.165, 1.54) is 15.8 Å². The molecule has 1 fully saturated rings. The van der Waals surface area contributed by atoms with Crippen LogP contribution in [0.1, 0.15) is 43.6 Å². The largest absolute Gasteiger partial charge is 0.376 e. The predicted octanol–water partition coefficient (Wildman–Crippen LogP) is 4.25. The van der Waals surface area contributed by atoms with E-state index in [0.717, 1.165) is 54.6 Å². The van der Waals surface area contributed by atoms with Gasteiger partial charge in [-0.3, -0.25) is 0 Å². The number of fused-ring (bicyclic) bond motifs is 3. The summed E-state index contributed by atoms with van der Waals surface area (Å²) in [5.74, 6) is 0.961. The van der Waals surface area contributed by atoms with Crippen LogP contribution in [0.25, 0.3) is 10.2 Å². The molecule has 0 amide bonds. The molecule has 4 heterocycles. The van der Waals surface area contributed by atoms with Gasteiger partial charge in [-0.1, -0.05) is 18.7 Å². The van der Waals surface area contributed by atoms with Gasteiger partial charge < -0.3 is 14.8 Å². The van der Waals surface area contributed by atoms with Crippen LogP contribution in [-0.2, 0) is 22.5 Å². The first kappa shape index (κ1) is 17.5. The Labute approximate surface area is 156 Å². The molecule has 2 aliphatic heterocycles. The van der Waals surface area contributed by atoms with Gasteiger partial charge >= 0.3 is 0 Å². The number of aromatic nitrogens is 2. The van der Waals surface area contributed by atoms with Gasteiger partial charge in [0.05, 0.1) is 23.7 Å². The van der Waals surface area contributed by atoms with E-state index in [4.69, 9.17) is 19.4 Å². The minimum atomic E-state index is -0.0922. The molecular formula is C18H25N3O2S2. The molecule has 0 unspecified atom stereocenters. The summed E-state index contributed by atoms with van der Waals surface area (Å²) >= 11 is 3.34. The summed E-state index contributed by atoms with van der Waals surface area (Å²) in [5.41, 5.74) is 1.28. The van der Waals surface area contributed by atoms with Crippen molar-refractivity contribution in [2.24, 2.45) is 0 Å². The molecule has 0 aromatic carbocycles. The van der Waals surface area contributed by atoms with E-state index in [9.17, 15) is 0 Å². The van der Waals surface area contributed by atoms with E-state index in [-0.39, 0.29) is 5.60 Å². The second kappa shape index (κ2) is 7.02. The maximum atomic E-state index is 6.12. The van der Waals surface area contributed by atoms with Crippen molar-refractivity contribution >= 4 is 39.1 Å². The Morgan fingerprint density at radius 2 is 2.28 bits per heavy atom. The molecule has 4 rings (SSSR count). The van der Waals surface area contributed by atoms with Crippen molar-refractivity contribution in [3.63, 3.8) is 0 Å². The van der Waals surface area contributed by atoms with Gasteiger partial charge in [-0.25, -0.2) is 9.97 Å². The molecule has 0 saturated carbocycles. The smallest absolute Gasteiger partial charge is 0.190 e. The summed E-state index contributed by atoms with van der Waals surface area (Å²) in [4.78, 5) is 11.9. The third kappa shape index (κ3) is 3.39. The quantitative estimate of drug-likeness (QED) is 0.619. The molecule has 2 aromatic heterocycles. The number of nitrogens with zero attached hydrogens (tertiary/aromatic N) is 2. The van der Waals surface area contributed by atoms with Crippen LogP contribution in [0.15, 0.2) is 5.16 Å². The summed E-state index contributed by atoms with van der Waals surface area (Å²) < 4.78 is 11.9. The van der Waals surface area contributed by atoms with Crippen molar-refractivity contribution in [2.45, 2.75) is 63.0 Å². The first-order chi connectivity index (χ1) is 12.1. The lowest BCUT2D eigenvalue weighted by molar-refractivity contribution is -0.0542. The summed E-state index contributed by atoms with van der Waals surface area (Å²) in [7, 11) is 0. The van der Waals surface area contributed by atoms with Crippen LogP contribution in [0.5, 0.6) is 0 Å². The lowest BCUT2D eigenvalue weighted by Crippen LogP contribution is -2.34. The Bertz CT molecular complexity index is 773. The van der Waals surface area contributed by atoms with Crippen LogP contribution >= 0.6 is 23.1 Å². The molecule has 2 aromatic rings. The van der Waals surface area contributed by atoms with E-state index in [1.54, 1.807) is 23.1 Å². The van der Waals surface area contributed by atoms with Crippen molar-refractivity contribution in [2.75, 3.05) is 24.7 Å². The summed E-state index contributed by atoms with van der Waals surface area (Å²) in [6.45, 7) is 6.77. The maximum Gasteiger partial charge on any atom is 0.190 e. The molecule has 5 nitrogen and oxygen atoms in total. The third-order valence-electron chi connectivity index (χ3n) is 5.27. The Morgan fingerprint density at radius 1 is 1.40 bits per heavy atom. The fourth-order valence-electron chi connectivity index (χ4n) is 3.51. The van der Waals surface area contributed by atoms with Gasteiger partial charge in [-0.2, -0.15) is 0 Å². The van der Waals surface area contributed by atoms with Crippen LogP contribution in [0.4, 0.5) is 5.82 Å². The molecule has 7 heteroatoms. The van der Waals surface area contributed by atoms with E-state index >= 15 is 0 Å². The van der Waals surface area contributed by atoms with E-state index < -0.39 is 0 Å². The lowest BCUT2D eigenvalue weighted by Gasteiger charge is -2.33. The Balaban J connectivity index is 1.73. The Hall–Kier alpha value is -0.890. The number of thioether (sulfide) groups is 1. The molecule has 0 radical (unpaired) electrons. The standard InChI is InChI=1S/C18H25N3O2S2/c1-4-18(2)8-12-13(10-23-18)25-16-14(12)15(20-17(21-16)24-3)19-9-11-6-5-7-22-11/h11H,4-10H2,1-3H3,(H,19,20,21)/t11-,18+/m0/s1. The molecule has 0 bridgehead atoms. The van der Waals surface area contributed by atoms with Gasteiger partial charge in [0.25, 0.3) is 0 Å². The van der Waals surface area contributed by atoms with Crippen LogP contribution in [0, 0.1) is 0 Å². The third-order valence-corrected chi connectivity index (χ3v) is 6.91. The van der Waals surface area contributed by atoms with Gasteiger partial charge in [0.15, 0.2) is 5.16 Å². The highest BCUT2D eigenvalue weighted by Crippen LogP contribution is 2.42. The van der Waals surface area contributed by atoms with Crippen LogP contribution in [-0.4, -0.2) is 41.1 Å². The highest BCUT2D eigenvalue weighted by atomic mass is 32.2. The van der Waals surface area contributed by atoms with E-state index in [0.29, 0.717) is 12.7 Å². The molecular weight excluding hydrogens is 354 g/mol. The lowest BCUT2D eigenvalue weighted by atomic mass is 9.90. The first-order valence-electron chi connectivity index (χ1n) is 8.97. The van der Waals surface area contributed by atoms with Gasteiger partial charge in [0.2, 0.25) is 0 Å². The second-order valence-corrected chi connectivity index (χ2v) is 8.88. The van der Waals surface area contributed by atoms with Gasteiger partial charge in [0, 0.05) is 24.4 Å². The molecule has 1 N–H and O–H groups in total. The minimum absolute atomic E-state index is 0.0922. The number of nitrogens with one attached hydrogen (secondary N) is 1. The molecule has 136 valence electrons. The summed E-state index contributed by atoms with van der Waals surface area (Å²) in [6.07, 6.45) is 6.53. The first-order valence-corrected chi connectivity index (χ1v) is 11.0. The Kier molecular flexibility index (Phi) is 4.92. The second-order valence-electron chi connectivity index (χ2n) is 7.03. The van der Waals surface area contributed by atoms with E-state index in [2.05, 4.69) is 19.2 Å². The van der Waals surface area contributed by atoms with Crippen molar-refractivity contribution < 1.29 is 9.47 Å². The normalized spacial score (nSPS) is 26.1. The molecule has 0 spiro atoms. The average Bonchev–Trinajstić information content (AvgIpc) is 3.26. The van der Waals surface area contributed by atoms with Crippen molar-refractivity contribution in [3.05, 3.63) is 10.4 Å². The zero-order chi connectivity index (χ0) is 17.4. The highest BCUT2D eigenvalue weighted by molar-refractivity contribution is 7.98. The SMILES string of the molecule is CC[C@]1(C)Cc2c(sc3nc(SC)nc(NC[C@@H]4CCCO4)c23)CO1. The summed E-state index contributed by atoms with van der Waals surface area (Å²) in [5, 5.41) is 5.58. The number of ether oxygens (including phenoxy) is 2. The van der Waals surface area contributed by atoms with E-state index in [1.807, 2.05) is 6.26 Å². The predicted molar refractivity (Wildman–Crippen MR) is 104 cm³/mol.